The van der Waals surface area contributed by atoms with Crippen LogP contribution in [0.2, 0.25) is 5.02 Å². The minimum absolute atomic E-state index is 0.0835. The van der Waals surface area contributed by atoms with E-state index < -0.39 is 23.7 Å². The lowest BCUT2D eigenvalue weighted by molar-refractivity contribution is -0.156. The third kappa shape index (κ3) is 3.42. The summed E-state index contributed by atoms with van der Waals surface area (Å²) in [7, 11) is 1.10. The molecule has 0 saturated heterocycles. The first-order valence-electron chi connectivity index (χ1n) is 4.70. The molecular formula is C11H10ClFO4. The summed E-state index contributed by atoms with van der Waals surface area (Å²) >= 11 is 5.74. The van der Waals surface area contributed by atoms with Crippen LogP contribution in [0.4, 0.5) is 4.39 Å². The van der Waals surface area contributed by atoms with Gasteiger partial charge in [0.05, 0.1) is 7.11 Å². The van der Waals surface area contributed by atoms with Gasteiger partial charge in [0.25, 0.3) is 0 Å². The van der Waals surface area contributed by atoms with Gasteiger partial charge in [-0.3, -0.25) is 9.59 Å². The fraction of sp³-hybridized carbons (Fsp3) is 0.273. The summed E-state index contributed by atoms with van der Waals surface area (Å²) < 4.78 is 17.1. The Balaban J connectivity index is 2.94. The predicted octanol–water partition coefficient (Wildman–Crippen LogP) is 1.90. The highest BCUT2D eigenvalue weighted by Crippen LogP contribution is 2.21. The van der Waals surface area contributed by atoms with Crippen LogP contribution in [-0.2, 0) is 20.7 Å². The zero-order valence-electron chi connectivity index (χ0n) is 8.94. The molecule has 0 aliphatic rings. The van der Waals surface area contributed by atoms with Gasteiger partial charge in [0.2, 0.25) is 0 Å². The number of hydrogen-bond donors (Lipinski definition) is 1. The minimum atomic E-state index is -1.34. The Kier molecular flexibility index (Phi) is 4.45. The zero-order valence-corrected chi connectivity index (χ0v) is 9.70. The lowest BCUT2D eigenvalue weighted by atomic mass is 9.99. The standard InChI is InChI=1S/C11H10ClFO4/c1-17-11(16)8(10(14)15)4-6-2-3-7(13)5-9(6)12/h2-3,5,8H,4H2,1H3,(H,14,15). The lowest BCUT2D eigenvalue weighted by Gasteiger charge is -2.11. The molecule has 0 radical (unpaired) electrons. The molecule has 0 fully saturated rings. The molecule has 1 aromatic carbocycles. The SMILES string of the molecule is COC(=O)C(Cc1ccc(F)cc1Cl)C(=O)O. The van der Waals surface area contributed by atoms with Gasteiger partial charge in [0.1, 0.15) is 5.82 Å². The number of carboxylic acids is 1. The van der Waals surface area contributed by atoms with E-state index in [1.165, 1.54) is 6.07 Å². The van der Waals surface area contributed by atoms with Crippen molar-refractivity contribution in [1.29, 1.82) is 0 Å². The zero-order chi connectivity index (χ0) is 13.0. The normalized spacial score (nSPS) is 11.9. The molecule has 0 bridgehead atoms. The molecule has 4 nitrogen and oxygen atoms in total. The number of benzene rings is 1. The molecule has 1 N–H and O–H groups in total. The number of rotatable bonds is 4. The summed E-state index contributed by atoms with van der Waals surface area (Å²) in [5.41, 5.74) is 0.380. The summed E-state index contributed by atoms with van der Waals surface area (Å²) in [5, 5.41) is 8.95. The number of esters is 1. The fourth-order valence-corrected chi connectivity index (χ4v) is 1.57. The van der Waals surface area contributed by atoms with Crippen LogP contribution in [0.25, 0.3) is 0 Å². The average Bonchev–Trinajstić information content (AvgIpc) is 2.26. The first-order chi connectivity index (χ1) is 7.95. The number of hydrogen-bond acceptors (Lipinski definition) is 3. The van der Waals surface area contributed by atoms with Crippen molar-refractivity contribution >= 4 is 23.5 Å². The van der Waals surface area contributed by atoms with Crippen molar-refractivity contribution in [3.8, 4) is 0 Å². The fourth-order valence-electron chi connectivity index (χ4n) is 1.32. The Morgan fingerprint density at radius 1 is 1.53 bits per heavy atom. The van der Waals surface area contributed by atoms with Crippen molar-refractivity contribution in [2.45, 2.75) is 6.42 Å². The molecule has 0 saturated carbocycles. The second kappa shape index (κ2) is 5.63. The molecule has 92 valence electrons. The predicted molar refractivity (Wildman–Crippen MR) is 58.3 cm³/mol. The molecule has 0 heterocycles. The molecule has 0 aromatic heterocycles. The summed E-state index contributed by atoms with van der Waals surface area (Å²) in [5.74, 6) is -4.04. The molecular weight excluding hydrogens is 251 g/mol. The number of carboxylic acid groups (broad SMARTS) is 1. The van der Waals surface area contributed by atoms with Crippen LogP contribution >= 0.6 is 11.6 Å². The minimum Gasteiger partial charge on any atom is -0.481 e. The Morgan fingerprint density at radius 3 is 2.65 bits per heavy atom. The van der Waals surface area contributed by atoms with Gasteiger partial charge < -0.3 is 9.84 Å². The summed E-state index contributed by atoms with van der Waals surface area (Å²) in [6, 6.07) is 3.56. The van der Waals surface area contributed by atoms with E-state index in [0.29, 0.717) is 5.56 Å². The summed E-state index contributed by atoms with van der Waals surface area (Å²) in [6.45, 7) is 0. The van der Waals surface area contributed by atoms with Gasteiger partial charge in [0, 0.05) is 5.02 Å². The van der Waals surface area contributed by atoms with Crippen LogP contribution in [0.5, 0.6) is 0 Å². The van der Waals surface area contributed by atoms with Gasteiger partial charge in [-0.2, -0.15) is 0 Å². The van der Waals surface area contributed by atoms with Gasteiger partial charge >= 0.3 is 11.9 Å². The van der Waals surface area contributed by atoms with E-state index in [0.717, 1.165) is 19.2 Å². The maximum absolute atomic E-state index is 12.8. The second-order valence-corrected chi connectivity index (χ2v) is 3.76. The third-order valence-electron chi connectivity index (χ3n) is 2.22. The van der Waals surface area contributed by atoms with Gasteiger partial charge in [0.15, 0.2) is 5.92 Å². The van der Waals surface area contributed by atoms with Crippen LogP contribution in [-0.4, -0.2) is 24.2 Å². The summed E-state index contributed by atoms with van der Waals surface area (Å²) in [6.07, 6.45) is -0.138. The van der Waals surface area contributed by atoms with Gasteiger partial charge in [-0.25, -0.2) is 4.39 Å². The van der Waals surface area contributed by atoms with Crippen molar-refractivity contribution in [2.75, 3.05) is 7.11 Å². The maximum Gasteiger partial charge on any atom is 0.320 e. The van der Waals surface area contributed by atoms with Crippen molar-refractivity contribution in [3.05, 3.63) is 34.6 Å². The summed E-state index contributed by atoms with van der Waals surface area (Å²) in [4.78, 5) is 22.1. The lowest BCUT2D eigenvalue weighted by Crippen LogP contribution is -2.27. The van der Waals surface area contributed by atoms with Crippen LogP contribution < -0.4 is 0 Å². The first kappa shape index (κ1) is 13.4. The average molecular weight is 261 g/mol. The molecule has 1 aromatic rings. The highest BCUT2D eigenvalue weighted by atomic mass is 35.5. The van der Waals surface area contributed by atoms with Crippen LogP contribution in [0.3, 0.4) is 0 Å². The van der Waals surface area contributed by atoms with Crippen molar-refractivity contribution in [3.63, 3.8) is 0 Å². The third-order valence-corrected chi connectivity index (χ3v) is 2.57. The molecule has 0 amide bonds. The van der Waals surface area contributed by atoms with Crippen LogP contribution in [0, 0.1) is 11.7 Å². The van der Waals surface area contributed by atoms with Crippen molar-refractivity contribution < 1.29 is 23.8 Å². The highest BCUT2D eigenvalue weighted by molar-refractivity contribution is 6.31. The van der Waals surface area contributed by atoms with Crippen molar-refractivity contribution in [2.24, 2.45) is 5.92 Å². The Labute approximate surface area is 102 Å². The molecule has 6 heteroatoms. The molecule has 1 rings (SSSR count). The van der Waals surface area contributed by atoms with E-state index in [1.807, 2.05) is 0 Å². The smallest absolute Gasteiger partial charge is 0.320 e. The van der Waals surface area contributed by atoms with Crippen molar-refractivity contribution in [1.82, 2.24) is 0 Å². The second-order valence-electron chi connectivity index (χ2n) is 3.35. The van der Waals surface area contributed by atoms with E-state index in [9.17, 15) is 14.0 Å². The maximum atomic E-state index is 12.8. The number of aliphatic carboxylic acids is 1. The van der Waals surface area contributed by atoms with Gasteiger partial charge in [-0.1, -0.05) is 17.7 Å². The first-order valence-corrected chi connectivity index (χ1v) is 5.08. The number of halogens is 2. The molecule has 0 aliphatic carbocycles. The van der Waals surface area contributed by atoms with Crippen LogP contribution in [0.15, 0.2) is 18.2 Å². The highest BCUT2D eigenvalue weighted by Gasteiger charge is 2.28. The van der Waals surface area contributed by atoms with E-state index in [2.05, 4.69) is 4.74 Å². The Bertz CT molecular complexity index is 447. The number of ether oxygens (including phenoxy) is 1. The molecule has 0 aliphatic heterocycles. The van der Waals surface area contributed by atoms with Gasteiger partial charge in [-0.05, 0) is 24.1 Å². The van der Waals surface area contributed by atoms with E-state index in [1.54, 1.807) is 0 Å². The Hall–Kier alpha value is -1.62. The van der Waals surface area contributed by atoms with E-state index in [4.69, 9.17) is 16.7 Å². The van der Waals surface area contributed by atoms with Crippen LogP contribution in [0.1, 0.15) is 5.56 Å². The topological polar surface area (TPSA) is 63.6 Å². The quantitative estimate of drug-likeness (QED) is 0.663. The van der Waals surface area contributed by atoms with E-state index >= 15 is 0 Å². The molecule has 1 unspecified atom stereocenters. The number of carbonyl (C=O) groups excluding carboxylic acids is 1. The number of methoxy groups -OCH3 is 1. The van der Waals surface area contributed by atoms with E-state index in [-0.39, 0.29) is 11.4 Å². The van der Waals surface area contributed by atoms with Gasteiger partial charge in [-0.15, -0.1) is 0 Å². The number of carbonyl (C=O) groups is 2. The Morgan fingerprint density at radius 2 is 2.18 bits per heavy atom. The molecule has 0 spiro atoms. The largest absolute Gasteiger partial charge is 0.481 e. The molecule has 17 heavy (non-hydrogen) atoms. The monoisotopic (exact) mass is 260 g/mol. The molecule has 1 atom stereocenters.